The van der Waals surface area contributed by atoms with Crippen molar-refractivity contribution in [3.8, 4) is 0 Å². The molecular formula is C14H21ClN2O2S. The molecule has 1 aliphatic carbocycles. The maximum atomic E-state index is 12.6. The van der Waals surface area contributed by atoms with E-state index in [1.54, 1.807) is 11.3 Å². The molecule has 1 amide bonds. The number of ether oxygens (including phenoxy) is 1. The van der Waals surface area contributed by atoms with Crippen molar-refractivity contribution in [1.82, 2.24) is 4.90 Å². The molecule has 20 heavy (non-hydrogen) atoms. The van der Waals surface area contributed by atoms with E-state index in [2.05, 4.69) is 11.4 Å². The fourth-order valence-corrected chi connectivity index (χ4v) is 3.73. The molecule has 1 saturated heterocycles. The maximum absolute atomic E-state index is 12.6. The Bertz CT molecular complexity index is 446. The Labute approximate surface area is 129 Å². The number of amides is 1. The van der Waals surface area contributed by atoms with Crippen LogP contribution in [0.2, 0.25) is 0 Å². The van der Waals surface area contributed by atoms with Gasteiger partial charge in [0, 0.05) is 6.54 Å². The van der Waals surface area contributed by atoms with Gasteiger partial charge in [-0.05, 0) is 35.2 Å². The summed E-state index contributed by atoms with van der Waals surface area (Å²) in [5.74, 6) is 0.119. The van der Waals surface area contributed by atoms with Crippen LogP contribution in [0.15, 0.2) is 16.8 Å². The van der Waals surface area contributed by atoms with Gasteiger partial charge < -0.3 is 15.4 Å². The monoisotopic (exact) mass is 316 g/mol. The summed E-state index contributed by atoms with van der Waals surface area (Å²) < 4.78 is 5.77. The zero-order chi connectivity index (χ0) is 13.3. The molecule has 0 aromatic carbocycles. The van der Waals surface area contributed by atoms with Crippen molar-refractivity contribution in [2.75, 3.05) is 19.7 Å². The molecule has 1 saturated carbocycles. The fraction of sp³-hybridized carbons (Fsp3) is 0.643. The second kappa shape index (κ2) is 6.43. The number of carbonyl (C=O) groups excluding carboxylic acids is 1. The third-order valence-corrected chi connectivity index (χ3v) is 4.89. The minimum Gasteiger partial charge on any atom is -0.370 e. The van der Waals surface area contributed by atoms with Gasteiger partial charge in [0.25, 0.3) is 0 Å². The number of hydrogen-bond acceptors (Lipinski definition) is 4. The lowest BCUT2D eigenvalue weighted by molar-refractivity contribution is -0.144. The summed E-state index contributed by atoms with van der Waals surface area (Å²) >= 11 is 1.66. The summed E-state index contributed by atoms with van der Waals surface area (Å²) in [5.41, 5.74) is 6.82. The molecule has 1 aromatic rings. The van der Waals surface area contributed by atoms with Crippen LogP contribution in [0.25, 0.3) is 0 Å². The molecule has 0 spiro atoms. The Kier molecular flexibility index (Phi) is 5.07. The number of halogens is 1. The van der Waals surface area contributed by atoms with Gasteiger partial charge in [0.1, 0.15) is 6.10 Å². The lowest BCUT2D eigenvalue weighted by Gasteiger charge is -2.37. The van der Waals surface area contributed by atoms with E-state index in [1.807, 2.05) is 10.3 Å². The second-order valence-electron chi connectivity index (χ2n) is 5.53. The van der Waals surface area contributed by atoms with Gasteiger partial charge in [0.2, 0.25) is 5.91 Å². The molecule has 2 fully saturated rings. The first kappa shape index (κ1) is 15.8. The molecule has 0 bridgehead atoms. The Hall–Kier alpha value is -0.620. The van der Waals surface area contributed by atoms with Gasteiger partial charge in [-0.25, -0.2) is 0 Å². The molecule has 1 aliphatic heterocycles. The molecule has 2 N–H and O–H groups in total. The smallest absolute Gasteiger partial charge is 0.242 e. The summed E-state index contributed by atoms with van der Waals surface area (Å²) in [5, 5.41) is 4.13. The molecule has 4 nitrogen and oxygen atoms in total. The Morgan fingerprint density at radius 1 is 1.45 bits per heavy atom. The molecule has 2 heterocycles. The Balaban J connectivity index is 0.00000147. The average molecular weight is 317 g/mol. The van der Waals surface area contributed by atoms with Crippen LogP contribution in [0.5, 0.6) is 0 Å². The summed E-state index contributed by atoms with van der Waals surface area (Å²) in [6.45, 7) is 1.90. The van der Waals surface area contributed by atoms with Crippen LogP contribution in [-0.2, 0) is 9.53 Å². The minimum absolute atomic E-state index is 0. The van der Waals surface area contributed by atoms with Crippen molar-refractivity contribution < 1.29 is 9.53 Å². The highest BCUT2D eigenvalue weighted by molar-refractivity contribution is 7.07. The first-order valence-corrected chi connectivity index (χ1v) is 7.85. The number of rotatable bonds is 2. The van der Waals surface area contributed by atoms with Gasteiger partial charge in [-0.15, -0.1) is 12.4 Å². The van der Waals surface area contributed by atoms with Crippen LogP contribution in [0.4, 0.5) is 0 Å². The number of thiophene rings is 1. The van der Waals surface area contributed by atoms with Crippen LogP contribution < -0.4 is 5.73 Å². The van der Waals surface area contributed by atoms with Crippen LogP contribution in [0.3, 0.4) is 0 Å². The lowest BCUT2D eigenvalue weighted by atomic mass is 9.96. The van der Waals surface area contributed by atoms with Crippen molar-refractivity contribution in [2.45, 2.75) is 37.3 Å². The largest absolute Gasteiger partial charge is 0.370 e. The minimum atomic E-state index is -0.615. The fourth-order valence-electron chi connectivity index (χ4n) is 3.03. The van der Waals surface area contributed by atoms with Crippen molar-refractivity contribution in [2.24, 2.45) is 5.73 Å². The summed E-state index contributed by atoms with van der Waals surface area (Å²) in [4.78, 5) is 14.5. The number of carbonyl (C=O) groups is 1. The van der Waals surface area contributed by atoms with Gasteiger partial charge in [-0.1, -0.05) is 12.8 Å². The van der Waals surface area contributed by atoms with E-state index < -0.39 is 5.54 Å². The quantitative estimate of drug-likeness (QED) is 0.911. The predicted molar refractivity (Wildman–Crippen MR) is 82.2 cm³/mol. The highest BCUT2D eigenvalue weighted by Gasteiger charge is 2.41. The zero-order valence-electron chi connectivity index (χ0n) is 11.4. The normalized spacial score (nSPS) is 25.2. The first-order valence-electron chi connectivity index (χ1n) is 6.91. The highest BCUT2D eigenvalue weighted by atomic mass is 35.5. The number of morpholine rings is 1. The topological polar surface area (TPSA) is 55.6 Å². The molecule has 1 atom stereocenters. The maximum Gasteiger partial charge on any atom is 0.242 e. The van der Waals surface area contributed by atoms with Crippen molar-refractivity contribution in [1.29, 1.82) is 0 Å². The highest BCUT2D eigenvalue weighted by Crippen LogP contribution is 2.31. The van der Waals surface area contributed by atoms with Crippen LogP contribution in [0, 0.1) is 0 Å². The second-order valence-corrected chi connectivity index (χ2v) is 6.31. The van der Waals surface area contributed by atoms with Gasteiger partial charge in [-0.3, -0.25) is 4.79 Å². The SMILES string of the molecule is Cl.NC1(C(=O)N2CCOC(c3ccsc3)C2)CCCC1. The molecule has 6 heteroatoms. The Morgan fingerprint density at radius 2 is 2.20 bits per heavy atom. The van der Waals surface area contributed by atoms with E-state index in [4.69, 9.17) is 10.5 Å². The van der Waals surface area contributed by atoms with Crippen molar-refractivity contribution in [3.05, 3.63) is 22.4 Å². The van der Waals surface area contributed by atoms with Crippen LogP contribution in [-0.4, -0.2) is 36.0 Å². The van der Waals surface area contributed by atoms with E-state index in [9.17, 15) is 4.79 Å². The summed E-state index contributed by atoms with van der Waals surface area (Å²) in [6.07, 6.45) is 3.80. The summed E-state index contributed by atoms with van der Waals surface area (Å²) in [6, 6.07) is 2.07. The van der Waals surface area contributed by atoms with E-state index in [-0.39, 0.29) is 24.4 Å². The number of hydrogen-bond donors (Lipinski definition) is 1. The molecule has 3 rings (SSSR count). The molecule has 2 aliphatic rings. The first-order chi connectivity index (χ1) is 9.19. The third-order valence-electron chi connectivity index (χ3n) is 4.19. The van der Waals surface area contributed by atoms with Gasteiger partial charge in [0.15, 0.2) is 0 Å². The predicted octanol–water partition coefficient (Wildman–Crippen LogP) is 2.34. The van der Waals surface area contributed by atoms with Gasteiger partial charge >= 0.3 is 0 Å². The van der Waals surface area contributed by atoms with Crippen LogP contribution >= 0.6 is 23.7 Å². The standard InChI is InChI=1S/C14H20N2O2S.ClH/c15-14(4-1-2-5-14)13(17)16-6-7-18-12(9-16)11-3-8-19-10-11;/h3,8,10,12H,1-2,4-7,9,15H2;1H. The summed E-state index contributed by atoms with van der Waals surface area (Å²) in [7, 11) is 0. The molecule has 1 aromatic heterocycles. The Morgan fingerprint density at radius 3 is 2.85 bits per heavy atom. The molecule has 112 valence electrons. The lowest BCUT2D eigenvalue weighted by Crippen LogP contribution is -2.56. The van der Waals surface area contributed by atoms with Gasteiger partial charge in [-0.2, -0.15) is 11.3 Å². The van der Waals surface area contributed by atoms with E-state index in [1.165, 1.54) is 5.56 Å². The van der Waals surface area contributed by atoms with Crippen molar-refractivity contribution in [3.63, 3.8) is 0 Å². The average Bonchev–Trinajstić information content (AvgIpc) is 3.10. The van der Waals surface area contributed by atoms with E-state index >= 15 is 0 Å². The number of nitrogens with two attached hydrogens (primary N) is 1. The third kappa shape index (κ3) is 3.01. The molecule has 0 radical (unpaired) electrons. The van der Waals surface area contributed by atoms with Crippen LogP contribution in [0.1, 0.15) is 37.4 Å². The molecule has 1 unspecified atom stereocenters. The molecular weight excluding hydrogens is 296 g/mol. The van der Waals surface area contributed by atoms with Gasteiger partial charge in [0.05, 0.1) is 18.7 Å². The van der Waals surface area contributed by atoms with E-state index in [0.29, 0.717) is 19.7 Å². The number of nitrogens with zero attached hydrogens (tertiary/aromatic N) is 1. The zero-order valence-corrected chi connectivity index (χ0v) is 13.0. The van der Waals surface area contributed by atoms with Crippen molar-refractivity contribution >= 4 is 29.7 Å². The van der Waals surface area contributed by atoms with E-state index in [0.717, 1.165) is 25.7 Å².